The number of hydrogen-bond acceptors (Lipinski definition) is 3. The van der Waals surface area contributed by atoms with Gasteiger partial charge in [-0.15, -0.1) is 0 Å². The summed E-state index contributed by atoms with van der Waals surface area (Å²) < 4.78 is 2.03. The zero-order valence-electron chi connectivity index (χ0n) is 18.3. The van der Waals surface area contributed by atoms with E-state index in [2.05, 4.69) is 13.8 Å². The van der Waals surface area contributed by atoms with Crippen LogP contribution in [-0.4, -0.2) is 45.9 Å². The number of hydrogen-bond donors (Lipinski definition) is 0. The van der Waals surface area contributed by atoms with Gasteiger partial charge in [-0.1, -0.05) is 44.2 Å². The monoisotopic (exact) mass is 418 g/mol. The molecule has 1 aromatic heterocycles. The average Bonchev–Trinajstić information content (AvgIpc) is 3.35. The van der Waals surface area contributed by atoms with Crippen molar-refractivity contribution in [1.82, 2.24) is 14.5 Å². The van der Waals surface area contributed by atoms with Gasteiger partial charge in [-0.2, -0.15) is 0 Å². The van der Waals surface area contributed by atoms with Gasteiger partial charge >= 0.3 is 0 Å². The van der Waals surface area contributed by atoms with Gasteiger partial charge in [0.15, 0.2) is 0 Å². The summed E-state index contributed by atoms with van der Waals surface area (Å²) >= 11 is 0. The van der Waals surface area contributed by atoms with E-state index in [1.807, 2.05) is 69.0 Å². The summed E-state index contributed by atoms with van der Waals surface area (Å²) in [4.78, 5) is 34.6. The first-order valence-electron chi connectivity index (χ1n) is 11.2. The highest BCUT2D eigenvalue weighted by molar-refractivity contribution is 5.96. The fraction of sp³-hybridized carbons (Fsp3) is 0.400. The fourth-order valence-electron chi connectivity index (χ4n) is 4.45. The van der Waals surface area contributed by atoms with Crippen LogP contribution in [0.25, 0.3) is 11.0 Å². The molecule has 2 aromatic carbocycles. The molecule has 0 aliphatic carbocycles. The number of amides is 2. The van der Waals surface area contributed by atoms with E-state index in [1.54, 1.807) is 0 Å². The first kappa shape index (κ1) is 21.1. The van der Waals surface area contributed by atoms with Crippen molar-refractivity contribution in [1.29, 1.82) is 0 Å². The standard InChI is InChI=1S/C25H30N4O2/c1-3-14-27(15-4-2)24(31)18-29-22-13-9-8-12-21(22)26-25(29)19-16-23(30)28(17-19)20-10-6-5-7-11-20/h5-13,19H,3-4,14-18H2,1-2H3. The van der Waals surface area contributed by atoms with Gasteiger partial charge in [-0.25, -0.2) is 4.98 Å². The highest BCUT2D eigenvalue weighted by atomic mass is 16.2. The second-order valence-electron chi connectivity index (χ2n) is 8.17. The molecule has 3 aromatic rings. The molecule has 31 heavy (non-hydrogen) atoms. The molecule has 2 amide bonds. The van der Waals surface area contributed by atoms with E-state index in [9.17, 15) is 9.59 Å². The number of aromatic nitrogens is 2. The molecule has 1 fully saturated rings. The predicted octanol–water partition coefficient (Wildman–Crippen LogP) is 4.21. The summed E-state index contributed by atoms with van der Waals surface area (Å²) in [6.45, 7) is 6.54. The third-order valence-electron chi connectivity index (χ3n) is 5.88. The lowest BCUT2D eigenvalue weighted by Gasteiger charge is -2.23. The molecule has 6 heteroatoms. The van der Waals surface area contributed by atoms with Crippen LogP contribution in [-0.2, 0) is 16.1 Å². The Hall–Kier alpha value is -3.15. The molecular formula is C25H30N4O2. The van der Waals surface area contributed by atoms with Gasteiger partial charge in [0, 0.05) is 37.7 Å². The Balaban J connectivity index is 1.66. The maximum absolute atomic E-state index is 13.2. The molecule has 4 rings (SSSR count). The normalized spacial score (nSPS) is 16.3. The molecule has 1 atom stereocenters. The first-order valence-corrected chi connectivity index (χ1v) is 11.2. The number of rotatable bonds is 8. The van der Waals surface area contributed by atoms with Crippen LogP contribution in [0.2, 0.25) is 0 Å². The molecule has 0 radical (unpaired) electrons. The van der Waals surface area contributed by atoms with Crippen LogP contribution in [0.3, 0.4) is 0 Å². The van der Waals surface area contributed by atoms with Gasteiger partial charge in [-0.3, -0.25) is 9.59 Å². The van der Waals surface area contributed by atoms with Crippen LogP contribution in [0, 0.1) is 0 Å². The number of anilines is 1. The van der Waals surface area contributed by atoms with E-state index in [1.165, 1.54) is 0 Å². The quantitative estimate of drug-likeness (QED) is 0.551. The summed E-state index contributed by atoms with van der Waals surface area (Å²) in [7, 11) is 0. The van der Waals surface area contributed by atoms with Crippen molar-refractivity contribution in [2.75, 3.05) is 24.5 Å². The highest BCUT2D eigenvalue weighted by Crippen LogP contribution is 2.33. The van der Waals surface area contributed by atoms with Crippen molar-refractivity contribution in [3.8, 4) is 0 Å². The molecule has 2 heterocycles. The maximum atomic E-state index is 13.2. The molecule has 1 aliphatic rings. The molecule has 6 nitrogen and oxygen atoms in total. The second-order valence-corrected chi connectivity index (χ2v) is 8.17. The average molecular weight is 419 g/mol. The maximum Gasteiger partial charge on any atom is 0.242 e. The Kier molecular flexibility index (Phi) is 6.35. The van der Waals surface area contributed by atoms with Crippen LogP contribution in [0.1, 0.15) is 44.9 Å². The summed E-state index contributed by atoms with van der Waals surface area (Å²) in [6.07, 6.45) is 2.28. The van der Waals surface area contributed by atoms with Gasteiger partial charge in [0.1, 0.15) is 12.4 Å². The molecule has 1 saturated heterocycles. The molecule has 0 saturated carbocycles. The number of para-hydroxylation sites is 3. The van der Waals surface area contributed by atoms with Crippen molar-refractivity contribution in [2.45, 2.75) is 45.6 Å². The van der Waals surface area contributed by atoms with Gasteiger partial charge < -0.3 is 14.4 Å². The van der Waals surface area contributed by atoms with E-state index in [-0.39, 0.29) is 24.3 Å². The Morgan fingerprint density at radius 1 is 1.03 bits per heavy atom. The minimum atomic E-state index is -0.0429. The molecule has 1 aliphatic heterocycles. The third-order valence-corrected chi connectivity index (χ3v) is 5.88. The SMILES string of the molecule is CCCN(CCC)C(=O)Cn1c(C2CC(=O)N(c3ccccc3)C2)nc2ccccc21. The summed E-state index contributed by atoms with van der Waals surface area (Å²) in [5, 5.41) is 0. The summed E-state index contributed by atoms with van der Waals surface area (Å²) in [6, 6.07) is 17.7. The van der Waals surface area contributed by atoms with Gasteiger partial charge in [0.05, 0.1) is 11.0 Å². The Morgan fingerprint density at radius 2 is 1.71 bits per heavy atom. The molecule has 1 unspecified atom stereocenters. The van der Waals surface area contributed by atoms with E-state index < -0.39 is 0 Å². The minimum Gasteiger partial charge on any atom is -0.341 e. The largest absolute Gasteiger partial charge is 0.341 e. The van der Waals surface area contributed by atoms with Crippen molar-refractivity contribution in [3.63, 3.8) is 0 Å². The fourth-order valence-corrected chi connectivity index (χ4v) is 4.45. The van der Waals surface area contributed by atoms with Crippen LogP contribution >= 0.6 is 0 Å². The molecule has 0 spiro atoms. The topological polar surface area (TPSA) is 58.4 Å². The summed E-state index contributed by atoms with van der Waals surface area (Å²) in [5.74, 6) is 0.991. The van der Waals surface area contributed by atoms with Crippen LogP contribution < -0.4 is 4.90 Å². The Morgan fingerprint density at radius 3 is 2.42 bits per heavy atom. The van der Waals surface area contributed by atoms with E-state index in [0.29, 0.717) is 13.0 Å². The zero-order valence-corrected chi connectivity index (χ0v) is 18.3. The molecule has 0 N–H and O–H groups in total. The lowest BCUT2D eigenvalue weighted by Crippen LogP contribution is -2.35. The van der Waals surface area contributed by atoms with E-state index >= 15 is 0 Å². The Labute approximate surface area is 183 Å². The molecule has 162 valence electrons. The predicted molar refractivity (Wildman–Crippen MR) is 123 cm³/mol. The van der Waals surface area contributed by atoms with E-state index in [4.69, 9.17) is 4.98 Å². The van der Waals surface area contributed by atoms with E-state index in [0.717, 1.165) is 48.5 Å². The van der Waals surface area contributed by atoms with Crippen LogP contribution in [0.4, 0.5) is 5.69 Å². The van der Waals surface area contributed by atoms with Gasteiger partial charge in [-0.05, 0) is 37.1 Å². The van der Waals surface area contributed by atoms with Crippen molar-refractivity contribution in [2.24, 2.45) is 0 Å². The number of nitrogens with zero attached hydrogens (tertiary/aromatic N) is 4. The van der Waals surface area contributed by atoms with Crippen molar-refractivity contribution >= 4 is 28.5 Å². The summed E-state index contributed by atoms with van der Waals surface area (Å²) in [5.41, 5.74) is 2.73. The lowest BCUT2D eigenvalue weighted by molar-refractivity contribution is -0.131. The number of carbonyl (C=O) groups excluding carboxylic acids is 2. The second kappa shape index (κ2) is 9.33. The number of fused-ring (bicyclic) bond motifs is 1. The number of benzene rings is 2. The van der Waals surface area contributed by atoms with Crippen molar-refractivity contribution < 1.29 is 9.59 Å². The Bertz CT molecular complexity index is 1050. The highest BCUT2D eigenvalue weighted by Gasteiger charge is 2.35. The van der Waals surface area contributed by atoms with Crippen molar-refractivity contribution in [3.05, 3.63) is 60.4 Å². The number of carbonyl (C=O) groups is 2. The zero-order chi connectivity index (χ0) is 21.8. The molecule has 0 bridgehead atoms. The van der Waals surface area contributed by atoms with Crippen LogP contribution in [0.5, 0.6) is 0 Å². The van der Waals surface area contributed by atoms with Gasteiger partial charge in [0.2, 0.25) is 11.8 Å². The van der Waals surface area contributed by atoms with Crippen LogP contribution in [0.15, 0.2) is 54.6 Å². The molecular weight excluding hydrogens is 388 g/mol. The van der Waals surface area contributed by atoms with Gasteiger partial charge in [0.25, 0.3) is 0 Å². The lowest BCUT2D eigenvalue weighted by atomic mass is 10.1. The third kappa shape index (κ3) is 4.33. The minimum absolute atomic E-state index is 0.0429. The smallest absolute Gasteiger partial charge is 0.242 e. The number of imidazole rings is 1. The first-order chi connectivity index (χ1) is 15.1.